The Morgan fingerprint density at radius 3 is 1.06 bits per heavy atom. The van der Waals surface area contributed by atoms with Gasteiger partial charge < -0.3 is 20.6 Å². The molecular formula is C47H93NO4. The molecule has 0 spiro atoms. The van der Waals surface area contributed by atoms with Crippen LogP contribution in [-0.4, -0.2) is 46.1 Å². The topological polar surface area (TPSA) is 89.8 Å². The molecule has 52 heavy (non-hydrogen) atoms. The largest absolute Gasteiger partial charge is 0.394 e. The van der Waals surface area contributed by atoms with E-state index in [1.165, 1.54) is 205 Å². The van der Waals surface area contributed by atoms with E-state index in [9.17, 15) is 20.1 Å². The molecule has 0 aliphatic heterocycles. The number of aliphatic hydroxyl groups is 3. The van der Waals surface area contributed by atoms with E-state index in [-0.39, 0.29) is 6.61 Å². The molecule has 0 saturated heterocycles. The van der Waals surface area contributed by atoms with Gasteiger partial charge in [-0.25, -0.2) is 0 Å². The lowest BCUT2D eigenvalue weighted by molar-refractivity contribution is -0.131. The zero-order valence-corrected chi connectivity index (χ0v) is 35.2. The maximum absolute atomic E-state index is 12.5. The maximum Gasteiger partial charge on any atom is 0.249 e. The van der Waals surface area contributed by atoms with Crippen LogP contribution in [0.15, 0.2) is 12.2 Å². The van der Waals surface area contributed by atoms with E-state index >= 15 is 0 Å². The van der Waals surface area contributed by atoms with Crippen LogP contribution in [0.5, 0.6) is 0 Å². The first kappa shape index (κ1) is 51.1. The number of hydrogen-bond acceptors (Lipinski definition) is 4. The van der Waals surface area contributed by atoms with Crippen molar-refractivity contribution in [2.45, 2.75) is 276 Å². The van der Waals surface area contributed by atoms with E-state index in [0.717, 1.165) is 32.1 Å². The third kappa shape index (κ3) is 37.4. The third-order valence-corrected chi connectivity index (χ3v) is 11.1. The monoisotopic (exact) mass is 736 g/mol. The van der Waals surface area contributed by atoms with Crippen molar-refractivity contribution in [2.75, 3.05) is 6.61 Å². The Hall–Kier alpha value is -0.910. The van der Waals surface area contributed by atoms with Crippen molar-refractivity contribution in [1.82, 2.24) is 5.32 Å². The summed E-state index contributed by atoms with van der Waals surface area (Å²) >= 11 is 0. The van der Waals surface area contributed by atoms with Crippen molar-refractivity contribution < 1.29 is 20.1 Å². The van der Waals surface area contributed by atoms with E-state index in [1.807, 2.05) is 6.08 Å². The molecule has 0 aliphatic rings. The highest BCUT2D eigenvalue weighted by molar-refractivity contribution is 5.80. The van der Waals surface area contributed by atoms with Gasteiger partial charge in [0.2, 0.25) is 5.91 Å². The van der Waals surface area contributed by atoms with Crippen LogP contribution in [0.1, 0.15) is 258 Å². The van der Waals surface area contributed by atoms with Crippen molar-refractivity contribution in [3.8, 4) is 0 Å². The van der Waals surface area contributed by atoms with Gasteiger partial charge in [-0.1, -0.05) is 251 Å². The molecular weight excluding hydrogens is 643 g/mol. The number of allylic oxidation sites excluding steroid dienone is 1. The highest BCUT2D eigenvalue weighted by Crippen LogP contribution is 2.17. The van der Waals surface area contributed by atoms with Crippen LogP contribution in [0.2, 0.25) is 0 Å². The second-order valence-corrected chi connectivity index (χ2v) is 16.3. The number of nitrogens with one attached hydrogen (secondary N) is 1. The Morgan fingerprint density at radius 2 is 0.750 bits per heavy atom. The number of hydrogen-bond donors (Lipinski definition) is 4. The van der Waals surface area contributed by atoms with E-state index in [2.05, 4.69) is 19.2 Å². The molecule has 0 bridgehead atoms. The van der Waals surface area contributed by atoms with Crippen LogP contribution in [0.3, 0.4) is 0 Å². The van der Waals surface area contributed by atoms with Gasteiger partial charge in [0.05, 0.1) is 18.8 Å². The number of amides is 1. The SMILES string of the molecule is CCCCCCCCCCCCCCCCCC/C=C/C(O)C(CO)NC(=O)C(O)CCCCCCCCCCCCCCCCCCCCCC. The molecule has 0 aromatic carbocycles. The molecule has 0 saturated carbocycles. The third-order valence-electron chi connectivity index (χ3n) is 11.1. The maximum atomic E-state index is 12.5. The minimum Gasteiger partial charge on any atom is -0.394 e. The zero-order valence-electron chi connectivity index (χ0n) is 35.2. The van der Waals surface area contributed by atoms with Crippen LogP contribution in [0, 0.1) is 0 Å². The first-order valence-electron chi connectivity index (χ1n) is 23.5. The van der Waals surface area contributed by atoms with Crippen molar-refractivity contribution in [2.24, 2.45) is 0 Å². The van der Waals surface area contributed by atoms with Crippen LogP contribution >= 0.6 is 0 Å². The van der Waals surface area contributed by atoms with E-state index in [4.69, 9.17) is 0 Å². The first-order valence-corrected chi connectivity index (χ1v) is 23.5. The lowest BCUT2D eigenvalue weighted by atomic mass is 10.0. The normalized spacial score (nSPS) is 13.6. The second-order valence-electron chi connectivity index (χ2n) is 16.3. The molecule has 1 amide bonds. The fourth-order valence-corrected chi connectivity index (χ4v) is 7.42. The molecule has 0 rings (SSSR count). The van der Waals surface area contributed by atoms with Crippen molar-refractivity contribution >= 4 is 5.91 Å². The molecule has 3 atom stereocenters. The van der Waals surface area contributed by atoms with Crippen LogP contribution in [-0.2, 0) is 4.79 Å². The number of rotatable bonds is 43. The zero-order chi connectivity index (χ0) is 38.0. The summed E-state index contributed by atoms with van der Waals surface area (Å²) in [7, 11) is 0. The summed E-state index contributed by atoms with van der Waals surface area (Å²) in [6, 6.07) is -0.793. The summed E-state index contributed by atoms with van der Waals surface area (Å²) < 4.78 is 0. The highest BCUT2D eigenvalue weighted by atomic mass is 16.3. The summed E-state index contributed by atoms with van der Waals surface area (Å²) in [5.74, 6) is -0.498. The summed E-state index contributed by atoms with van der Waals surface area (Å²) in [5, 5.41) is 33.2. The number of carbonyl (C=O) groups excluding carboxylic acids is 1. The van der Waals surface area contributed by atoms with Gasteiger partial charge in [-0.15, -0.1) is 0 Å². The van der Waals surface area contributed by atoms with E-state index in [1.54, 1.807) is 6.08 Å². The molecule has 5 heteroatoms. The number of carbonyl (C=O) groups is 1. The van der Waals surface area contributed by atoms with Gasteiger partial charge in [0, 0.05) is 0 Å². The van der Waals surface area contributed by atoms with Gasteiger partial charge in [-0.2, -0.15) is 0 Å². The molecule has 0 aliphatic carbocycles. The minimum atomic E-state index is -1.09. The van der Waals surface area contributed by atoms with Crippen LogP contribution in [0.4, 0.5) is 0 Å². The predicted molar refractivity (Wildman–Crippen MR) is 227 cm³/mol. The lowest BCUT2D eigenvalue weighted by Crippen LogP contribution is -2.48. The molecule has 0 fully saturated rings. The summed E-state index contributed by atoms with van der Waals surface area (Å²) in [4.78, 5) is 12.5. The molecule has 3 unspecified atom stereocenters. The van der Waals surface area contributed by atoms with E-state index in [0.29, 0.717) is 6.42 Å². The average Bonchev–Trinajstić information content (AvgIpc) is 3.15. The minimum absolute atomic E-state index is 0.359. The molecule has 5 nitrogen and oxygen atoms in total. The Balaban J connectivity index is 3.61. The van der Waals surface area contributed by atoms with Gasteiger partial charge >= 0.3 is 0 Å². The van der Waals surface area contributed by atoms with Gasteiger partial charge in [0.1, 0.15) is 6.10 Å². The Bertz CT molecular complexity index is 728. The predicted octanol–water partition coefficient (Wildman–Crippen LogP) is 13.6. The average molecular weight is 736 g/mol. The molecule has 0 radical (unpaired) electrons. The summed E-state index contributed by atoms with van der Waals surface area (Å²) in [5.41, 5.74) is 0. The molecule has 0 heterocycles. The number of unbranched alkanes of at least 4 members (excludes halogenated alkanes) is 35. The van der Waals surface area contributed by atoms with Gasteiger partial charge in [-0.05, 0) is 19.3 Å². The van der Waals surface area contributed by atoms with Gasteiger partial charge in [0.25, 0.3) is 0 Å². The smallest absolute Gasteiger partial charge is 0.249 e. The first-order chi connectivity index (χ1) is 25.6. The molecule has 310 valence electrons. The Kier molecular flexibility index (Phi) is 42.1. The highest BCUT2D eigenvalue weighted by Gasteiger charge is 2.22. The molecule has 0 aromatic rings. The van der Waals surface area contributed by atoms with E-state index < -0.39 is 24.2 Å². The Morgan fingerprint density at radius 1 is 0.462 bits per heavy atom. The van der Waals surface area contributed by atoms with Gasteiger partial charge in [-0.3, -0.25) is 4.79 Å². The van der Waals surface area contributed by atoms with Crippen molar-refractivity contribution in [1.29, 1.82) is 0 Å². The standard InChI is InChI=1S/C47H93NO4/c1-3-5-7-9-11-13-15-17-19-21-23-24-26-28-30-32-34-36-38-40-42-46(51)47(52)48-44(43-49)45(50)41-39-37-35-33-31-29-27-25-22-20-18-16-14-12-10-8-6-4-2/h39,41,44-46,49-51H,3-38,40,42-43H2,1-2H3,(H,48,52)/b41-39+. The molecule has 0 aromatic heterocycles. The second kappa shape index (κ2) is 42.8. The van der Waals surface area contributed by atoms with Gasteiger partial charge in [0.15, 0.2) is 0 Å². The summed E-state index contributed by atoms with van der Waals surface area (Å²) in [6.07, 6.45) is 51.1. The van der Waals surface area contributed by atoms with Crippen LogP contribution < -0.4 is 5.32 Å². The fourth-order valence-electron chi connectivity index (χ4n) is 7.42. The van der Waals surface area contributed by atoms with Crippen LogP contribution in [0.25, 0.3) is 0 Å². The number of aliphatic hydroxyl groups excluding tert-OH is 3. The Labute approximate surface area is 325 Å². The van der Waals surface area contributed by atoms with Crippen molar-refractivity contribution in [3.05, 3.63) is 12.2 Å². The quantitative estimate of drug-likeness (QED) is 0.0371. The summed E-state index contributed by atoms with van der Waals surface area (Å²) in [6.45, 7) is 4.21. The lowest BCUT2D eigenvalue weighted by Gasteiger charge is -2.21. The fraction of sp³-hybridized carbons (Fsp3) is 0.936. The molecule has 4 N–H and O–H groups in total. The van der Waals surface area contributed by atoms with Crippen molar-refractivity contribution in [3.63, 3.8) is 0 Å².